The van der Waals surface area contributed by atoms with Gasteiger partial charge >= 0.3 is 0 Å². The molecular weight excluding hydrogens is 176 g/mol. The Labute approximate surface area is 85.2 Å². The van der Waals surface area contributed by atoms with Gasteiger partial charge in [0.2, 0.25) is 5.95 Å². The molecular formula is C10H18N4. The topological polar surface area (TPSA) is 55.0 Å². The van der Waals surface area contributed by atoms with Gasteiger partial charge in [0.15, 0.2) is 0 Å². The molecule has 0 aliphatic heterocycles. The van der Waals surface area contributed by atoms with E-state index in [0.717, 1.165) is 18.9 Å². The third-order valence-corrected chi connectivity index (χ3v) is 2.38. The largest absolute Gasteiger partial charge is 0.384 e. The molecule has 0 aliphatic carbocycles. The summed E-state index contributed by atoms with van der Waals surface area (Å²) in [6, 6.07) is 2.15. The molecule has 2 N–H and O–H groups in total. The van der Waals surface area contributed by atoms with Gasteiger partial charge in [-0.25, -0.2) is 4.98 Å². The van der Waals surface area contributed by atoms with Gasteiger partial charge in [0.05, 0.1) is 0 Å². The first-order valence-electron chi connectivity index (χ1n) is 5.04. The quantitative estimate of drug-likeness (QED) is 0.792. The molecule has 0 radical (unpaired) electrons. The average Bonchev–Trinajstić information content (AvgIpc) is 2.19. The molecule has 4 heteroatoms. The zero-order chi connectivity index (χ0) is 10.6. The Balaban J connectivity index is 2.89. The fourth-order valence-electron chi connectivity index (χ4n) is 1.37. The van der Waals surface area contributed by atoms with E-state index < -0.39 is 0 Å². The molecule has 0 fully saturated rings. The molecule has 0 aromatic carbocycles. The highest BCUT2D eigenvalue weighted by atomic mass is 15.3. The minimum absolute atomic E-state index is 0.446. The van der Waals surface area contributed by atoms with Crippen LogP contribution in [0.4, 0.5) is 11.8 Å². The molecule has 1 rings (SSSR count). The van der Waals surface area contributed by atoms with E-state index in [-0.39, 0.29) is 0 Å². The Kier molecular flexibility index (Phi) is 3.68. The lowest BCUT2D eigenvalue weighted by Crippen LogP contribution is -2.33. The van der Waals surface area contributed by atoms with Crippen molar-refractivity contribution in [1.82, 2.24) is 9.97 Å². The number of rotatable bonds is 4. The predicted octanol–water partition coefficient (Wildman–Crippen LogP) is 1.68. The molecule has 0 saturated carbocycles. The first-order valence-corrected chi connectivity index (χ1v) is 5.04. The van der Waals surface area contributed by atoms with E-state index in [1.54, 1.807) is 12.3 Å². The summed E-state index contributed by atoms with van der Waals surface area (Å²) in [4.78, 5) is 10.6. The second-order valence-corrected chi connectivity index (χ2v) is 3.32. The summed E-state index contributed by atoms with van der Waals surface area (Å²) in [5.74, 6) is 1.25. The number of anilines is 2. The first kappa shape index (κ1) is 10.8. The van der Waals surface area contributed by atoms with Gasteiger partial charge in [0.1, 0.15) is 5.82 Å². The number of aromatic nitrogens is 2. The van der Waals surface area contributed by atoms with Crippen molar-refractivity contribution in [3.63, 3.8) is 0 Å². The fourth-order valence-corrected chi connectivity index (χ4v) is 1.37. The van der Waals surface area contributed by atoms with E-state index in [4.69, 9.17) is 5.73 Å². The molecule has 0 bridgehead atoms. The Morgan fingerprint density at radius 1 is 1.50 bits per heavy atom. The van der Waals surface area contributed by atoms with Crippen LogP contribution >= 0.6 is 0 Å². The summed E-state index contributed by atoms with van der Waals surface area (Å²) in [7, 11) is 0. The maximum absolute atomic E-state index is 5.61. The SMILES string of the molecule is CCC(C)N(CC)c1nccc(N)n1. The molecule has 1 unspecified atom stereocenters. The van der Waals surface area contributed by atoms with Crippen LogP contribution in [0.3, 0.4) is 0 Å². The molecule has 0 spiro atoms. The maximum atomic E-state index is 5.61. The highest BCUT2D eigenvalue weighted by Gasteiger charge is 2.13. The van der Waals surface area contributed by atoms with Gasteiger partial charge in [-0.15, -0.1) is 0 Å². The van der Waals surface area contributed by atoms with E-state index in [1.807, 2.05) is 0 Å². The van der Waals surface area contributed by atoms with Crippen LogP contribution in [0, 0.1) is 0 Å². The van der Waals surface area contributed by atoms with Crippen LogP contribution in [0.15, 0.2) is 12.3 Å². The van der Waals surface area contributed by atoms with Gasteiger partial charge in [-0.05, 0) is 26.3 Å². The third-order valence-electron chi connectivity index (χ3n) is 2.38. The van der Waals surface area contributed by atoms with Crippen molar-refractivity contribution in [3.8, 4) is 0 Å². The van der Waals surface area contributed by atoms with Gasteiger partial charge < -0.3 is 10.6 Å². The highest BCUT2D eigenvalue weighted by molar-refractivity contribution is 5.38. The molecule has 1 atom stereocenters. The summed E-state index contributed by atoms with van der Waals surface area (Å²) >= 11 is 0. The van der Waals surface area contributed by atoms with Crippen molar-refractivity contribution in [2.24, 2.45) is 0 Å². The zero-order valence-electron chi connectivity index (χ0n) is 9.07. The van der Waals surface area contributed by atoms with Gasteiger partial charge in [-0.3, -0.25) is 0 Å². The van der Waals surface area contributed by atoms with Crippen molar-refractivity contribution in [1.29, 1.82) is 0 Å². The van der Waals surface area contributed by atoms with Crippen molar-refractivity contribution in [3.05, 3.63) is 12.3 Å². The van der Waals surface area contributed by atoms with Gasteiger partial charge in [0.25, 0.3) is 0 Å². The van der Waals surface area contributed by atoms with Crippen LogP contribution < -0.4 is 10.6 Å². The summed E-state index contributed by atoms with van der Waals surface area (Å²) in [5.41, 5.74) is 5.61. The van der Waals surface area contributed by atoms with E-state index in [9.17, 15) is 0 Å². The van der Waals surface area contributed by atoms with Crippen LogP contribution in [0.5, 0.6) is 0 Å². The van der Waals surface area contributed by atoms with E-state index >= 15 is 0 Å². The number of hydrogen-bond donors (Lipinski definition) is 1. The van der Waals surface area contributed by atoms with E-state index in [1.165, 1.54) is 0 Å². The molecule has 0 saturated heterocycles. The number of nitrogens with zero attached hydrogens (tertiary/aromatic N) is 3. The van der Waals surface area contributed by atoms with E-state index in [2.05, 4.69) is 35.6 Å². The van der Waals surface area contributed by atoms with Crippen LogP contribution in [0.1, 0.15) is 27.2 Å². The smallest absolute Gasteiger partial charge is 0.227 e. The molecule has 1 aromatic heterocycles. The second kappa shape index (κ2) is 4.79. The minimum Gasteiger partial charge on any atom is -0.384 e. The van der Waals surface area contributed by atoms with Crippen LogP contribution in [0.2, 0.25) is 0 Å². The summed E-state index contributed by atoms with van der Waals surface area (Å²) in [6.45, 7) is 7.31. The predicted molar refractivity (Wildman–Crippen MR) is 59.2 cm³/mol. The maximum Gasteiger partial charge on any atom is 0.227 e. The lowest BCUT2D eigenvalue weighted by atomic mass is 10.2. The molecule has 1 aromatic rings. The van der Waals surface area contributed by atoms with Crippen LogP contribution in [-0.2, 0) is 0 Å². The molecule has 0 amide bonds. The lowest BCUT2D eigenvalue weighted by Gasteiger charge is -2.26. The Bertz CT molecular complexity index is 287. The average molecular weight is 194 g/mol. The summed E-state index contributed by atoms with van der Waals surface area (Å²) in [5, 5.41) is 0. The molecule has 78 valence electrons. The van der Waals surface area contributed by atoms with E-state index in [0.29, 0.717) is 11.9 Å². The Morgan fingerprint density at radius 2 is 2.21 bits per heavy atom. The lowest BCUT2D eigenvalue weighted by molar-refractivity contribution is 0.615. The molecule has 0 aliphatic rings. The van der Waals surface area contributed by atoms with Gasteiger partial charge in [-0.1, -0.05) is 6.92 Å². The van der Waals surface area contributed by atoms with Gasteiger partial charge in [-0.2, -0.15) is 4.98 Å². The van der Waals surface area contributed by atoms with Crippen LogP contribution in [0.25, 0.3) is 0 Å². The summed E-state index contributed by atoms with van der Waals surface area (Å²) in [6.07, 6.45) is 2.77. The molecule has 1 heterocycles. The van der Waals surface area contributed by atoms with Crippen molar-refractivity contribution < 1.29 is 0 Å². The molecule has 4 nitrogen and oxygen atoms in total. The second-order valence-electron chi connectivity index (χ2n) is 3.32. The standard InChI is InChI=1S/C10H18N4/c1-4-8(3)14(5-2)10-12-7-6-9(11)13-10/h6-8H,4-5H2,1-3H3,(H2,11,12,13). The fraction of sp³-hybridized carbons (Fsp3) is 0.600. The highest BCUT2D eigenvalue weighted by Crippen LogP contribution is 2.13. The number of hydrogen-bond acceptors (Lipinski definition) is 4. The normalized spacial score (nSPS) is 12.5. The molecule has 14 heavy (non-hydrogen) atoms. The number of nitrogens with two attached hydrogens (primary N) is 1. The van der Waals surface area contributed by atoms with Crippen molar-refractivity contribution in [2.75, 3.05) is 17.2 Å². The minimum atomic E-state index is 0.446. The number of nitrogen functional groups attached to an aromatic ring is 1. The Morgan fingerprint density at radius 3 is 2.71 bits per heavy atom. The third kappa shape index (κ3) is 2.34. The monoisotopic (exact) mass is 194 g/mol. The van der Waals surface area contributed by atoms with Gasteiger partial charge in [0, 0.05) is 18.8 Å². The first-order chi connectivity index (χ1) is 6.69. The zero-order valence-corrected chi connectivity index (χ0v) is 9.07. The Hall–Kier alpha value is -1.32. The summed E-state index contributed by atoms with van der Waals surface area (Å²) < 4.78 is 0. The van der Waals surface area contributed by atoms with Crippen molar-refractivity contribution >= 4 is 11.8 Å². The van der Waals surface area contributed by atoms with Crippen molar-refractivity contribution in [2.45, 2.75) is 33.2 Å². The van der Waals surface area contributed by atoms with Crippen LogP contribution in [-0.4, -0.2) is 22.6 Å².